The van der Waals surface area contributed by atoms with Gasteiger partial charge in [0.05, 0.1) is 10.4 Å². The van der Waals surface area contributed by atoms with Crippen LogP contribution in [0.25, 0.3) is 0 Å². The van der Waals surface area contributed by atoms with Gasteiger partial charge in [0, 0.05) is 24.6 Å². The summed E-state index contributed by atoms with van der Waals surface area (Å²) in [4.78, 5) is 1.36. The number of thiophene rings is 1. The Morgan fingerprint density at radius 2 is 2.19 bits per heavy atom. The van der Waals surface area contributed by atoms with E-state index in [2.05, 4.69) is 47.2 Å². The number of rotatable bonds is 8. The van der Waals surface area contributed by atoms with Gasteiger partial charge in [-0.05, 0) is 40.4 Å². The summed E-state index contributed by atoms with van der Waals surface area (Å²) in [6.07, 6.45) is 1.15. The zero-order valence-electron chi connectivity index (χ0n) is 9.96. The maximum absolute atomic E-state index is 5.52. The molecule has 1 N–H and O–H groups in total. The van der Waals surface area contributed by atoms with Gasteiger partial charge in [0.1, 0.15) is 0 Å². The second-order valence-electron chi connectivity index (χ2n) is 4.18. The summed E-state index contributed by atoms with van der Waals surface area (Å²) in [5.41, 5.74) is 0. The van der Waals surface area contributed by atoms with Crippen LogP contribution in [0.2, 0.25) is 0 Å². The molecule has 1 heterocycles. The van der Waals surface area contributed by atoms with Gasteiger partial charge in [0.25, 0.3) is 0 Å². The lowest BCUT2D eigenvalue weighted by Crippen LogP contribution is -2.19. The summed E-state index contributed by atoms with van der Waals surface area (Å²) < 4.78 is 6.71. The Bertz CT molecular complexity index is 288. The van der Waals surface area contributed by atoms with Crippen molar-refractivity contribution in [3.63, 3.8) is 0 Å². The predicted molar refractivity (Wildman–Crippen MR) is 74.0 cm³/mol. The fraction of sp³-hybridized carbons (Fsp3) is 0.667. The van der Waals surface area contributed by atoms with Gasteiger partial charge in [-0.3, -0.25) is 0 Å². The van der Waals surface area contributed by atoms with Crippen LogP contribution in [-0.4, -0.2) is 19.8 Å². The van der Waals surface area contributed by atoms with Gasteiger partial charge in [-0.15, -0.1) is 11.3 Å². The van der Waals surface area contributed by atoms with Crippen LogP contribution in [0.1, 0.15) is 25.1 Å². The van der Waals surface area contributed by atoms with Gasteiger partial charge in [-0.25, -0.2) is 0 Å². The van der Waals surface area contributed by atoms with E-state index >= 15 is 0 Å². The van der Waals surface area contributed by atoms with Crippen LogP contribution < -0.4 is 5.32 Å². The van der Waals surface area contributed by atoms with Gasteiger partial charge < -0.3 is 10.1 Å². The topological polar surface area (TPSA) is 21.3 Å². The number of halogens is 1. The van der Waals surface area contributed by atoms with Crippen molar-refractivity contribution in [2.24, 2.45) is 5.92 Å². The van der Waals surface area contributed by atoms with Gasteiger partial charge in [0.2, 0.25) is 0 Å². The molecule has 0 aromatic carbocycles. The number of hydrogen-bond donors (Lipinski definition) is 1. The highest BCUT2D eigenvalue weighted by atomic mass is 79.9. The lowest BCUT2D eigenvalue weighted by Gasteiger charge is -2.06. The SMILES string of the molecule is CC(C)CCOCCNCc1ccc(Br)s1. The van der Waals surface area contributed by atoms with E-state index in [1.807, 2.05) is 0 Å². The van der Waals surface area contributed by atoms with Crippen LogP contribution in [0.4, 0.5) is 0 Å². The van der Waals surface area contributed by atoms with E-state index in [1.165, 1.54) is 8.66 Å². The molecule has 0 unspecified atom stereocenters. The summed E-state index contributed by atoms with van der Waals surface area (Å²) in [6, 6.07) is 4.22. The average Bonchev–Trinajstić information content (AvgIpc) is 2.62. The molecule has 0 atom stereocenters. The summed E-state index contributed by atoms with van der Waals surface area (Å²) in [6.45, 7) is 7.98. The van der Waals surface area contributed by atoms with Crippen molar-refractivity contribution in [3.05, 3.63) is 20.8 Å². The quantitative estimate of drug-likeness (QED) is 0.740. The molecule has 1 aromatic rings. The normalized spacial score (nSPS) is 11.2. The lowest BCUT2D eigenvalue weighted by molar-refractivity contribution is 0.125. The van der Waals surface area contributed by atoms with Crippen LogP contribution in [-0.2, 0) is 11.3 Å². The molecule has 0 aliphatic carbocycles. The summed E-state index contributed by atoms with van der Waals surface area (Å²) in [5.74, 6) is 0.733. The van der Waals surface area contributed by atoms with E-state index in [-0.39, 0.29) is 0 Å². The molecule has 0 fully saturated rings. The summed E-state index contributed by atoms with van der Waals surface area (Å²) in [5, 5.41) is 3.37. The number of ether oxygens (including phenoxy) is 1. The maximum atomic E-state index is 5.52. The number of hydrogen-bond acceptors (Lipinski definition) is 3. The Hall–Kier alpha value is 0.1000. The van der Waals surface area contributed by atoms with E-state index in [1.54, 1.807) is 11.3 Å². The van der Waals surface area contributed by atoms with Crippen molar-refractivity contribution < 1.29 is 4.74 Å². The van der Waals surface area contributed by atoms with E-state index in [0.29, 0.717) is 0 Å². The highest BCUT2D eigenvalue weighted by molar-refractivity contribution is 9.11. The molecule has 0 aliphatic heterocycles. The van der Waals surface area contributed by atoms with E-state index in [9.17, 15) is 0 Å². The minimum Gasteiger partial charge on any atom is -0.380 e. The van der Waals surface area contributed by atoms with Gasteiger partial charge in [0.15, 0.2) is 0 Å². The zero-order chi connectivity index (χ0) is 11.8. The molecule has 2 nitrogen and oxygen atoms in total. The third-order valence-corrected chi connectivity index (χ3v) is 3.81. The van der Waals surface area contributed by atoms with Crippen molar-refractivity contribution in [2.75, 3.05) is 19.8 Å². The van der Waals surface area contributed by atoms with Crippen molar-refractivity contribution in [1.29, 1.82) is 0 Å². The van der Waals surface area contributed by atoms with Crippen molar-refractivity contribution >= 4 is 27.3 Å². The predicted octanol–water partition coefficient (Wildman–Crippen LogP) is 3.66. The van der Waals surface area contributed by atoms with Crippen LogP contribution in [0.5, 0.6) is 0 Å². The molecule has 0 saturated carbocycles. The molecule has 0 bridgehead atoms. The highest BCUT2D eigenvalue weighted by Gasteiger charge is 1.97. The van der Waals surface area contributed by atoms with E-state index < -0.39 is 0 Å². The minimum absolute atomic E-state index is 0.733. The van der Waals surface area contributed by atoms with Crippen molar-refractivity contribution in [2.45, 2.75) is 26.8 Å². The standard InChI is InChI=1S/C12H20BrNOS/c1-10(2)5-7-15-8-6-14-9-11-3-4-12(13)16-11/h3-4,10,14H,5-9H2,1-2H3. The molecule has 1 aromatic heterocycles. The van der Waals surface area contributed by atoms with Crippen LogP contribution in [0, 0.1) is 5.92 Å². The average molecular weight is 306 g/mol. The van der Waals surface area contributed by atoms with Crippen LogP contribution in [0.3, 0.4) is 0 Å². The first kappa shape index (κ1) is 14.2. The third-order valence-electron chi connectivity index (χ3n) is 2.19. The molecular weight excluding hydrogens is 286 g/mol. The summed E-state index contributed by atoms with van der Waals surface area (Å²) >= 11 is 5.23. The molecule has 0 amide bonds. The Kier molecular flexibility index (Phi) is 7.28. The Balaban J connectivity index is 1.92. The van der Waals surface area contributed by atoms with Gasteiger partial charge >= 0.3 is 0 Å². The summed E-state index contributed by atoms with van der Waals surface area (Å²) in [7, 11) is 0. The number of nitrogens with one attached hydrogen (secondary N) is 1. The Labute approximate surface area is 111 Å². The molecule has 1 rings (SSSR count). The molecule has 92 valence electrons. The minimum atomic E-state index is 0.733. The molecule has 0 saturated heterocycles. The van der Waals surface area contributed by atoms with E-state index in [4.69, 9.17) is 4.74 Å². The van der Waals surface area contributed by atoms with Crippen molar-refractivity contribution in [3.8, 4) is 0 Å². The third kappa shape index (κ3) is 6.63. The van der Waals surface area contributed by atoms with E-state index in [0.717, 1.165) is 38.6 Å². The largest absolute Gasteiger partial charge is 0.380 e. The van der Waals surface area contributed by atoms with Crippen molar-refractivity contribution in [1.82, 2.24) is 5.32 Å². The molecular formula is C12H20BrNOS. The first-order chi connectivity index (χ1) is 7.68. The lowest BCUT2D eigenvalue weighted by atomic mass is 10.1. The highest BCUT2D eigenvalue weighted by Crippen LogP contribution is 2.21. The first-order valence-electron chi connectivity index (χ1n) is 5.71. The molecule has 0 radical (unpaired) electrons. The smallest absolute Gasteiger partial charge is 0.0701 e. The second-order valence-corrected chi connectivity index (χ2v) is 6.73. The second kappa shape index (κ2) is 8.23. The van der Waals surface area contributed by atoms with Crippen LogP contribution >= 0.6 is 27.3 Å². The molecule has 16 heavy (non-hydrogen) atoms. The Morgan fingerprint density at radius 1 is 1.38 bits per heavy atom. The first-order valence-corrected chi connectivity index (χ1v) is 7.32. The van der Waals surface area contributed by atoms with Crippen LogP contribution in [0.15, 0.2) is 15.9 Å². The Morgan fingerprint density at radius 3 is 2.81 bits per heavy atom. The zero-order valence-corrected chi connectivity index (χ0v) is 12.4. The maximum Gasteiger partial charge on any atom is 0.0701 e. The molecule has 0 aliphatic rings. The van der Waals surface area contributed by atoms with Gasteiger partial charge in [-0.1, -0.05) is 13.8 Å². The molecule has 4 heteroatoms. The monoisotopic (exact) mass is 305 g/mol. The fourth-order valence-electron chi connectivity index (χ4n) is 1.22. The van der Waals surface area contributed by atoms with Gasteiger partial charge in [-0.2, -0.15) is 0 Å². The molecule has 0 spiro atoms. The fourth-order valence-corrected chi connectivity index (χ4v) is 2.68.